The first kappa shape index (κ1) is 18.5. The SMILES string of the molecule is CCCCCNC(=O)c1cc(Nc2ccc(Cl)c(Cl)c2)nc(C)n1. The molecule has 1 heterocycles. The summed E-state index contributed by atoms with van der Waals surface area (Å²) in [5, 5.41) is 6.91. The molecule has 1 aromatic heterocycles. The van der Waals surface area contributed by atoms with E-state index in [1.807, 2.05) is 0 Å². The second-order valence-corrected chi connectivity index (χ2v) is 6.22. The molecule has 7 heteroatoms. The first-order valence-corrected chi connectivity index (χ1v) is 8.61. The number of hydrogen-bond donors (Lipinski definition) is 2. The van der Waals surface area contributed by atoms with Crippen LogP contribution in [0, 0.1) is 6.92 Å². The second kappa shape index (κ2) is 8.85. The minimum atomic E-state index is -0.200. The third-order valence-electron chi connectivity index (χ3n) is 3.33. The van der Waals surface area contributed by atoms with E-state index in [2.05, 4.69) is 27.5 Å². The largest absolute Gasteiger partial charge is 0.351 e. The molecule has 0 unspecified atom stereocenters. The molecular formula is C17H20Cl2N4O. The van der Waals surface area contributed by atoms with Crippen LogP contribution in [0.5, 0.6) is 0 Å². The van der Waals surface area contributed by atoms with E-state index >= 15 is 0 Å². The Kier molecular flexibility index (Phi) is 6.82. The number of anilines is 2. The van der Waals surface area contributed by atoms with Crippen molar-refractivity contribution in [1.29, 1.82) is 0 Å². The van der Waals surface area contributed by atoms with Crippen molar-refractivity contribution >= 4 is 40.6 Å². The van der Waals surface area contributed by atoms with Gasteiger partial charge in [-0.2, -0.15) is 0 Å². The lowest BCUT2D eigenvalue weighted by molar-refractivity contribution is 0.0947. The van der Waals surface area contributed by atoms with Crippen molar-refractivity contribution in [2.75, 3.05) is 11.9 Å². The molecule has 0 saturated carbocycles. The number of aryl methyl sites for hydroxylation is 1. The van der Waals surface area contributed by atoms with E-state index in [1.54, 1.807) is 31.2 Å². The van der Waals surface area contributed by atoms with Gasteiger partial charge in [0.25, 0.3) is 5.91 Å². The third kappa shape index (κ3) is 5.35. The minimum Gasteiger partial charge on any atom is -0.351 e. The fourth-order valence-corrected chi connectivity index (χ4v) is 2.44. The molecule has 0 aliphatic carbocycles. The monoisotopic (exact) mass is 366 g/mol. The van der Waals surface area contributed by atoms with Crippen molar-refractivity contribution in [1.82, 2.24) is 15.3 Å². The van der Waals surface area contributed by atoms with Crippen LogP contribution >= 0.6 is 23.2 Å². The van der Waals surface area contributed by atoms with Gasteiger partial charge in [0.05, 0.1) is 10.0 Å². The molecule has 5 nitrogen and oxygen atoms in total. The highest BCUT2D eigenvalue weighted by Gasteiger charge is 2.10. The Balaban J connectivity index is 2.10. The lowest BCUT2D eigenvalue weighted by Crippen LogP contribution is -2.25. The summed E-state index contributed by atoms with van der Waals surface area (Å²) in [7, 11) is 0. The minimum absolute atomic E-state index is 0.200. The molecule has 0 radical (unpaired) electrons. The van der Waals surface area contributed by atoms with Gasteiger partial charge in [-0.25, -0.2) is 9.97 Å². The van der Waals surface area contributed by atoms with Crippen molar-refractivity contribution < 1.29 is 4.79 Å². The van der Waals surface area contributed by atoms with Gasteiger partial charge in [0, 0.05) is 18.3 Å². The molecule has 2 aromatic rings. The molecule has 0 bridgehead atoms. The molecule has 128 valence electrons. The maximum Gasteiger partial charge on any atom is 0.270 e. The van der Waals surface area contributed by atoms with Crippen LogP contribution in [0.1, 0.15) is 42.5 Å². The molecule has 0 aliphatic rings. The summed E-state index contributed by atoms with van der Waals surface area (Å²) in [6.45, 7) is 4.51. The van der Waals surface area contributed by atoms with Crippen molar-refractivity contribution in [3.8, 4) is 0 Å². The fourth-order valence-electron chi connectivity index (χ4n) is 2.14. The standard InChI is InChI=1S/C17H20Cl2N4O/c1-3-4-5-8-20-17(24)15-10-16(22-11(2)21-15)23-12-6-7-13(18)14(19)9-12/h6-7,9-10H,3-5,8H2,1-2H3,(H,20,24)(H,21,22,23). The van der Waals surface area contributed by atoms with E-state index in [-0.39, 0.29) is 5.91 Å². The predicted octanol–water partition coefficient (Wildman–Crippen LogP) is 4.76. The highest BCUT2D eigenvalue weighted by Crippen LogP contribution is 2.26. The predicted molar refractivity (Wildman–Crippen MR) is 98.4 cm³/mol. The smallest absolute Gasteiger partial charge is 0.270 e. The van der Waals surface area contributed by atoms with Crippen molar-refractivity contribution in [2.45, 2.75) is 33.1 Å². The van der Waals surface area contributed by atoms with E-state index in [9.17, 15) is 4.79 Å². The number of rotatable bonds is 7. The number of nitrogens with zero attached hydrogens (tertiary/aromatic N) is 2. The van der Waals surface area contributed by atoms with Crippen LogP contribution in [0.25, 0.3) is 0 Å². The number of carbonyl (C=O) groups excluding carboxylic acids is 1. The molecule has 0 aliphatic heterocycles. The third-order valence-corrected chi connectivity index (χ3v) is 4.07. The van der Waals surface area contributed by atoms with E-state index < -0.39 is 0 Å². The average Bonchev–Trinajstić information content (AvgIpc) is 2.54. The maximum absolute atomic E-state index is 12.2. The van der Waals surface area contributed by atoms with Crippen molar-refractivity contribution in [3.63, 3.8) is 0 Å². The summed E-state index contributed by atoms with van der Waals surface area (Å²) < 4.78 is 0. The molecule has 2 N–H and O–H groups in total. The van der Waals surface area contributed by atoms with Crippen LogP contribution in [0.3, 0.4) is 0 Å². The molecule has 0 saturated heterocycles. The van der Waals surface area contributed by atoms with Crippen molar-refractivity contribution in [3.05, 3.63) is 45.8 Å². The molecule has 2 rings (SSSR count). The Morgan fingerprint density at radius 2 is 1.92 bits per heavy atom. The van der Waals surface area contributed by atoms with Gasteiger partial charge in [-0.1, -0.05) is 43.0 Å². The second-order valence-electron chi connectivity index (χ2n) is 5.40. The Morgan fingerprint density at radius 1 is 1.12 bits per heavy atom. The maximum atomic E-state index is 12.2. The van der Waals surface area contributed by atoms with Crippen LogP contribution in [0.2, 0.25) is 10.0 Å². The van der Waals surface area contributed by atoms with Gasteiger partial charge in [-0.3, -0.25) is 4.79 Å². The van der Waals surface area contributed by atoms with E-state index in [0.29, 0.717) is 33.9 Å². The van der Waals surface area contributed by atoms with Crippen LogP contribution in [-0.2, 0) is 0 Å². The Hall–Kier alpha value is -1.85. The summed E-state index contributed by atoms with van der Waals surface area (Å²) in [6.07, 6.45) is 3.16. The normalized spacial score (nSPS) is 10.5. The summed E-state index contributed by atoms with van der Waals surface area (Å²) in [5.41, 5.74) is 1.07. The van der Waals surface area contributed by atoms with Gasteiger partial charge >= 0.3 is 0 Å². The number of amides is 1. The quantitative estimate of drug-likeness (QED) is 0.693. The first-order valence-electron chi connectivity index (χ1n) is 7.85. The van der Waals surface area contributed by atoms with Gasteiger partial charge in [0.1, 0.15) is 17.3 Å². The van der Waals surface area contributed by atoms with E-state index in [4.69, 9.17) is 23.2 Å². The van der Waals surface area contributed by atoms with Gasteiger partial charge in [-0.05, 0) is 31.5 Å². The molecule has 1 aromatic carbocycles. The first-order chi connectivity index (χ1) is 11.5. The highest BCUT2D eigenvalue weighted by molar-refractivity contribution is 6.42. The number of hydrogen-bond acceptors (Lipinski definition) is 4. The van der Waals surface area contributed by atoms with Gasteiger partial charge in [0.2, 0.25) is 0 Å². The fraction of sp³-hybridized carbons (Fsp3) is 0.353. The Bertz CT molecular complexity index is 722. The van der Waals surface area contributed by atoms with Crippen LogP contribution in [0.15, 0.2) is 24.3 Å². The molecular weight excluding hydrogens is 347 g/mol. The zero-order valence-corrected chi connectivity index (χ0v) is 15.2. The van der Waals surface area contributed by atoms with Gasteiger partial charge < -0.3 is 10.6 Å². The van der Waals surface area contributed by atoms with Gasteiger partial charge in [-0.15, -0.1) is 0 Å². The lowest BCUT2D eigenvalue weighted by Gasteiger charge is -2.10. The topological polar surface area (TPSA) is 66.9 Å². The van der Waals surface area contributed by atoms with Crippen LogP contribution < -0.4 is 10.6 Å². The average molecular weight is 367 g/mol. The van der Waals surface area contributed by atoms with Crippen LogP contribution in [0.4, 0.5) is 11.5 Å². The zero-order valence-electron chi connectivity index (χ0n) is 13.7. The number of unbranched alkanes of at least 4 members (excludes halogenated alkanes) is 2. The van der Waals surface area contributed by atoms with E-state index in [0.717, 1.165) is 24.9 Å². The molecule has 1 amide bonds. The number of halogens is 2. The highest BCUT2D eigenvalue weighted by atomic mass is 35.5. The number of benzene rings is 1. The van der Waals surface area contributed by atoms with Crippen LogP contribution in [-0.4, -0.2) is 22.4 Å². The molecule has 0 fully saturated rings. The number of aromatic nitrogens is 2. The molecule has 24 heavy (non-hydrogen) atoms. The number of nitrogens with one attached hydrogen (secondary N) is 2. The number of carbonyl (C=O) groups is 1. The zero-order chi connectivity index (χ0) is 17.5. The summed E-state index contributed by atoms with van der Waals surface area (Å²) >= 11 is 11.9. The lowest BCUT2D eigenvalue weighted by atomic mass is 10.2. The molecule has 0 spiro atoms. The Morgan fingerprint density at radius 3 is 2.62 bits per heavy atom. The Labute approximate surface area is 151 Å². The summed E-state index contributed by atoms with van der Waals surface area (Å²) in [5.74, 6) is 0.840. The molecule has 0 atom stereocenters. The summed E-state index contributed by atoms with van der Waals surface area (Å²) in [6, 6.07) is 6.80. The summed E-state index contributed by atoms with van der Waals surface area (Å²) in [4.78, 5) is 20.7. The van der Waals surface area contributed by atoms with E-state index in [1.165, 1.54) is 0 Å². The van der Waals surface area contributed by atoms with Gasteiger partial charge in [0.15, 0.2) is 0 Å². The van der Waals surface area contributed by atoms with Crippen molar-refractivity contribution in [2.24, 2.45) is 0 Å².